The minimum Gasteiger partial charge on any atom is -0.488 e. The lowest BCUT2D eigenvalue weighted by Gasteiger charge is -2.03. The molecule has 18 heavy (non-hydrogen) atoms. The highest BCUT2D eigenvalue weighted by molar-refractivity contribution is 5.59. The van der Waals surface area contributed by atoms with Gasteiger partial charge in [0.15, 0.2) is 0 Å². The fraction of sp³-hybridized carbons (Fsp3) is 0.533. The molecule has 0 atom stereocenters. The fourth-order valence-electron chi connectivity index (χ4n) is 1.60. The van der Waals surface area contributed by atoms with Crippen LogP contribution in [0.3, 0.4) is 0 Å². The van der Waals surface area contributed by atoms with Crippen molar-refractivity contribution in [1.29, 1.82) is 0 Å². The first-order chi connectivity index (χ1) is 8.86. The highest BCUT2D eigenvalue weighted by atomic mass is 16.5. The number of aliphatic imine (C=N–C) groups is 1. The summed E-state index contributed by atoms with van der Waals surface area (Å²) in [4.78, 5) is 4.30. The summed E-state index contributed by atoms with van der Waals surface area (Å²) in [5.74, 6) is 0.810. The van der Waals surface area contributed by atoms with Gasteiger partial charge in [-0.05, 0) is 24.1 Å². The highest BCUT2D eigenvalue weighted by Gasteiger charge is 1.93. The molecule has 1 aromatic rings. The molecular weight excluding hydrogens is 226 g/mol. The molecule has 1 aromatic carbocycles. The van der Waals surface area contributed by atoms with E-state index in [9.17, 15) is 0 Å². The van der Waals surface area contributed by atoms with E-state index in [0.717, 1.165) is 24.3 Å². The summed E-state index contributed by atoms with van der Waals surface area (Å²) in [6, 6.07) is 7.44. The van der Waals surface area contributed by atoms with Crippen molar-refractivity contribution in [3.05, 3.63) is 29.8 Å². The predicted molar refractivity (Wildman–Crippen MR) is 75.4 cm³/mol. The molecule has 3 nitrogen and oxygen atoms in total. The molecule has 0 aliphatic rings. The summed E-state index contributed by atoms with van der Waals surface area (Å²) >= 11 is 0. The minimum atomic E-state index is 0.0689. The Labute approximate surface area is 110 Å². The van der Waals surface area contributed by atoms with E-state index in [-0.39, 0.29) is 6.61 Å². The van der Waals surface area contributed by atoms with Gasteiger partial charge in [-0.2, -0.15) is 0 Å². The first-order valence-electron chi connectivity index (χ1n) is 6.67. The zero-order chi connectivity index (χ0) is 13.1. The number of rotatable bonds is 9. The summed E-state index contributed by atoms with van der Waals surface area (Å²) < 4.78 is 5.50. The van der Waals surface area contributed by atoms with Gasteiger partial charge in [-0.15, -0.1) is 0 Å². The van der Waals surface area contributed by atoms with Crippen molar-refractivity contribution < 1.29 is 9.84 Å². The molecular formula is C15H23NO2. The smallest absolute Gasteiger partial charge is 0.123 e. The van der Waals surface area contributed by atoms with Crippen molar-refractivity contribution in [2.45, 2.75) is 39.2 Å². The van der Waals surface area contributed by atoms with Gasteiger partial charge in [-0.1, -0.05) is 38.3 Å². The van der Waals surface area contributed by atoms with E-state index in [4.69, 9.17) is 9.84 Å². The van der Waals surface area contributed by atoms with Crippen LogP contribution in [0.15, 0.2) is 29.3 Å². The molecule has 0 unspecified atom stereocenters. The quantitative estimate of drug-likeness (QED) is 0.539. The maximum Gasteiger partial charge on any atom is 0.123 e. The lowest BCUT2D eigenvalue weighted by molar-refractivity contribution is 0.281. The number of nitrogens with zero attached hydrogens (tertiary/aromatic N) is 1. The molecule has 0 fully saturated rings. The van der Waals surface area contributed by atoms with Crippen LogP contribution in [0.4, 0.5) is 0 Å². The average molecular weight is 249 g/mol. The molecule has 100 valence electrons. The summed E-state index contributed by atoms with van der Waals surface area (Å²) in [5, 5.41) is 8.90. The third kappa shape index (κ3) is 6.40. The second-order valence-electron chi connectivity index (χ2n) is 4.26. The normalized spacial score (nSPS) is 11.0. The van der Waals surface area contributed by atoms with Crippen LogP contribution in [-0.4, -0.2) is 24.5 Å². The first-order valence-corrected chi connectivity index (χ1v) is 6.67. The molecule has 0 saturated carbocycles. The van der Waals surface area contributed by atoms with E-state index in [1.165, 1.54) is 19.3 Å². The topological polar surface area (TPSA) is 41.8 Å². The van der Waals surface area contributed by atoms with Gasteiger partial charge in [0.25, 0.3) is 0 Å². The molecule has 0 heterocycles. The molecule has 0 amide bonds. The average Bonchev–Trinajstić information content (AvgIpc) is 2.42. The van der Waals surface area contributed by atoms with Crippen molar-refractivity contribution in [3.8, 4) is 5.75 Å². The number of hydrogen-bond donors (Lipinski definition) is 1. The second kappa shape index (κ2) is 9.66. The Morgan fingerprint density at radius 3 is 2.61 bits per heavy atom. The zero-order valence-corrected chi connectivity index (χ0v) is 11.1. The van der Waals surface area contributed by atoms with Crippen molar-refractivity contribution in [3.63, 3.8) is 0 Å². The van der Waals surface area contributed by atoms with Crippen molar-refractivity contribution in [1.82, 2.24) is 0 Å². The number of aliphatic hydroxyl groups is 1. The Morgan fingerprint density at radius 1 is 1.17 bits per heavy atom. The van der Waals surface area contributed by atoms with Crippen LogP contribution in [0.25, 0.3) is 0 Å². The Hall–Kier alpha value is -1.35. The molecule has 0 saturated heterocycles. The van der Waals surface area contributed by atoms with Crippen molar-refractivity contribution in [2.24, 2.45) is 4.99 Å². The van der Waals surface area contributed by atoms with E-state index in [0.29, 0.717) is 6.61 Å². The van der Waals surface area contributed by atoms with Gasteiger partial charge in [0.05, 0.1) is 6.61 Å². The van der Waals surface area contributed by atoms with E-state index >= 15 is 0 Å². The summed E-state index contributed by atoms with van der Waals surface area (Å²) in [5.41, 5.74) is 0.895. The lowest BCUT2D eigenvalue weighted by Crippen LogP contribution is -1.99. The molecule has 0 aromatic heterocycles. The van der Waals surface area contributed by atoms with E-state index in [2.05, 4.69) is 11.9 Å². The van der Waals surface area contributed by atoms with Crippen molar-refractivity contribution >= 4 is 6.21 Å². The highest BCUT2D eigenvalue weighted by Crippen LogP contribution is 2.11. The Balaban J connectivity index is 2.11. The van der Waals surface area contributed by atoms with E-state index in [1.807, 2.05) is 30.5 Å². The Morgan fingerprint density at radius 2 is 1.94 bits per heavy atom. The van der Waals surface area contributed by atoms with Gasteiger partial charge in [0.1, 0.15) is 12.4 Å². The molecule has 0 bridgehead atoms. The van der Waals surface area contributed by atoms with Gasteiger partial charge >= 0.3 is 0 Å². The van der Waals surface area contributed by atoms with Crippen LogP contribution in [-0.2, 0) is 6.61 Å². The third-order valence-electron chi connectivity index (χ3n) is 2.70. The van der Waals surface area contributed by atoms with Crippen LogP contribution in [0.2, 0.25) is 0 Å². The van der Waals surface area contributed by atoms with Crippen LogP contribution in [0.1, 0.15) is 38.2 Å². The molecule has 1 N–H and O–H groups in total. The molecule has 0 aliphatic carbocycles. The molecule has 3 heteroatoms. The summed E-state index contributed by atoms with van der Waals surface area (Å²) in [6.45, 7) is 3.68. The van der Waals surface area contributed by atoms with Crippen molar-refractivity contribution in [2.75, 3.05) is 13.2 Å². The Bertz CT molecular complexity index is 333. The van der Waals surface area contributed by atoms with Crippen LogP contribution >= 0.6 is 0 Å². The lowest BCUT2D eigenvalue weighted by atomic mass is 10.2. The largest absolute Gasteiger partial charge is 0.488 e. The first kappa shape index (κ1) is 14.7. The van der Waals surface area contributed by atoms with Gasteiger partial charge < -0.3 is 9.84 Å². The maximum absolute atomic E-state index is 8.90. The van der Waals surface area contributed by atoms with E-state index in [1.54, 1.807) is 0 Å². The standard InChI is InChI=1S/C15H23NO2/c1-2-3-4-5-10-16-11-12-18-15-8-6-14(13-17)7-9-15/h6-9,11,17H,2-5,10,12-13H2,1H3. The zero-order valence-electron chi connectivity index (χ0n) is 11.1. The number of benzene rings is 1. The molecule has 0 aliphatic heterocycles. The van der Waals surface area contributed by atoms with Crippen LogP contribution < -0.4 is 4.74 Å². The Kier molecular flexibility index (Phi) is 7.89. The van der Waals surface area contributed by atoms with Gasteiger partial charge in [-0.3, -0.25) is 4.99 Å². The number of hydrogen-bond acceptors (Lipinski definition) is 3. The molecule has 0 radical (unpaired) electrons. The third-order valence-corrected chi connectivity index (χ3v) is 2.70. The fourth-order valence-corrected chi connectivity index (χ4v) is 1.60. The number of aliphatic hydroxyl groups excluding tert-OH is 1. The molecule has 1 rings (SSSR count). The second-order valence-corrected chi connectivity index (χ2v) is 4.26. The molecule has 0 spiro atoms. The van der Waals surface area contributed by atoms with Gasteiger partial charge in [0.2, 0.25) is 0 Å². The number of unbranched alkanes of at least 4 members (excludes halogenated alkanes) is 3. The van der Waals surface area contributed by atoms with Crippen LogP contribution in [0, 0.1) is 0 Å². The summed E-state index contributed by atoms with van der Waals surface area (Å²) in [6.07, 6.45) is 6.80. The SMILES string of the molecule is CCCCCCN=CCOc1ccc(CO)cc1. The maximum atomic E-state index is 8.90. The number of ether oxygens (including phenoxy) is 1. The van der Waals surface area contributed by atoms with Crippen LogP contribution in [0.5, 0.6) is 5.75 Å². The van der Waals surface area contributed by atoms with E-state index < -0.39 is 0 Å². The predicted octanol–water partition coefficient (Wildman–Crippen LogP) is 3.21. The monoisotopic (exact) mass is 249 g/mol. The van der Waals surface area contributed by atoms with Gasteiger partial charge in [-0.25, -0.2) is 0 Å². The minimum absolute atomic E-state index is 0.0689. The summed E-state index contributed by atoms with van der Waals surface area (Å²) in [7, 11) is 0. The van der Waals surface area contributed by atoms with Gasteiger partial charge in [0, 0.05) is 12.8 Å².